The first kappa shape index (κ1) is 14.8. The normalized spacial score (nSPS) is 20.8. The van der Waals surface area contributed by atoms with Gasteiger partial charge in [0.25, 0.3) is 11.7 Å². The van der Waals surface area contributed by atoms with Gasteiger partial charge in [-0.3, -0.25) is 9.59 Å². The van der Waals surface area contributed by atoms with Crippen LogP contribution in [0.1, 0.15) is 23.8 Å². The van der Waals surface area contributed by atoms with E-state index in [0.717, 1.165) is 0 Å². The number of carbonyl (C=O) groups excluding carboxylic acids is 2. The lowest BCUT2D eigenvalue weighted by molar-refractivity contribution is -0.128. The Labute approximate surface area is 118 Å². The largest absolute Gasteiger partial charge is 0.348 e. The number of sulfone groups is 1. The smallest absolute Gasteiger partial charge is 0.296 e. The van der Waals surface area contributed by atoms with Crippen LogP contribution in [-0.4, -0.2) is 53.7 Å². The molecule has 2 heterocycles. The second-order valence-electron chi connectivity index (χ2n) is 4.98. The van der Waals surface area contributed by atoms with E-state index < -0.39 is 21.5 Å². The van der Waals surface area contributed by atoms with Crippen LogP contribution in [-0.2, 0) is 21.7 Å². The zero-order chi connectivity index (χ0) is 14.9. The number of aryl methyl sites for hydroxylation is 1. The van der Waals surface area contributed by atoms with Gasteiger partial charge in [0.05, 0.1) is 17.2 Å². The van der Waals surface area contributed by atoms with Crippen molar-refractivity contribution in [1.82, 2.24) is 9.47 Å². The van der Waals surface area contributed by atoms with E-state index in [1.54, 1.807) is 36.9 Å². The molecule has 1 aromatic heterocycles. The minimum Gasteiger partial charge on any atom is -0.348 e. The molecule has 0 unspecified atom stereocenters. The average Bonchev–Trinajstić information content (AvgIpc) is 2.95. The number of nitrogens with zero attached hydrogens (tertiary/aromatic N) is 2. The van der Waals surface area contributed by atoms with Gasteiger partial charge in [0.1, 0.15) is 0 Å². The maximum atomic E-state index is 12.3. The Balaban J connectivity index is 2.18. The molecular weight excluding hydrogens is 280 g/mol. The summed E-state index contributed by atoms with van der Waals surface area (Å²) in [4.78, 5) is 25.8. The summed E-state index contributed by atoms with van der Waals surface area (Å²) in [5.41, 5.74) is 0.314. The first-order valence-corrected chi connectivity index (χ1v) is 8.35. The highest BCUT2D eigenvalue weighted by Crippen LogP contribution is 2.18. The van der Waals surface area contributed by atoms with E-state index in [0.29, 0.717) is 18.7 Å². The Morgan fingerprint density at radius 1 is 1.45 bits per heavy atom. The van der Waals surface area contributed by atoms with Crippen LogP contribution in [0.3, 0.4) is 0 Å². The monoisotopic (exact) mass is 298 g/mol. The lowest BCUT2D eigenvalue weighted by Crippen LogP contribution is -2.44. The van der Waals surface area contributed by atoms with Crippen molar-refractivity contribution in [2.24, 2.45) is 7.05 Å². The third-order valence-corrected chi connectivity index (χ3v) is 5.37. The van der Waals surface area contributed by atoms with Crippen LogP contribution in [0.15, 0.2) is 18.3 Å². The molecule has 20 heavy (non-hydrogen) atoms. The molecule has 7 heteroatoms. The zero-order valence-electron chi connectivity index (χ0n) is 11.6. The molecule has 1 aliphatic rings. The summed E-state index contributed by atoms with van der Waals surface area (Å²) in [6.07, 6.45) is 2.10. The first-order valence-electron chi connectivity index (χ1n) is 6.52. The highest BCUT2D eigenvalue weighted by Gasteiger charge is 2.36. The van der Waals surface area contributed by atoms with Gasteiger partial charge in [0, 0.05) is 25.8 Å². The standard InChI is InChI=1S/C13H18N2O4S/c1-3-15(10-6-8-20(18,19)9-10)13(17)12(16)11-5-4-7-14(11)2/h4-5,7,10H,3,6,8-9H2,1-2H3/t10-/m1/s1. The number of aromatic nitrogens is 1. The molecule has 1 fully saturated rings. The summed E-state index contributed by atoms with van der Waals surface area (Å²) in [6, 6.07) is 2.89. The molecule has 0 aromatic carbocycles. The van der Waals surface area contributed by atoms with Crippen molar-refractivity contribution >= 4 is 21.5 Å². The maximum absolute atomic E-state index is 12.3. The molecule has 1 atom stereocenters. The maximum Gasteiger partial charge on any atom is 0.296 e. The highest BCUT2D eigenvalue weighted by molar-refractivity contribution is 7.91. The van der Waals surface area contributed by atoms with E-state index in [1.807, 2.05) is 0 Å². The van der Waals surface area contributed by atoms with Crippen molar-refractivity contribution in [3.05, 3.63) is 24.0 Å². The Bertz CT molecular complexity index is 633. The van der Waals surface area contributed by atoms with E-state index in [2.05, 4.69) is 0 Å². The fraction of sp³-hybridized carbons (Fsp3) is 0.538. The van der Waals surface area contributed by atoms with Gasteiger partial charge >= 0.3 is 0 Å². The van der Waals surface area contributed by atoms with Crippen molar-refractivity contribution in [2.45, 2.75) is 19.4 Å². The van der Waals surface area contributed by atoms with Gasteiger partial charge in [0.2, 0.25) is 0 Å². The van der Waals surface area contributed by atoms with Crippen molar-refractivity contribution in [2.75, 3.05) is 18.1 Å². The topological polar surface area (TPSA) is 76.5 Å². The van der Waals surface area contributed by atoms with Crippen LogP contribution in [0.5, 0.6) is 0 Å². The van der Waals surface area contributed by atoms with E-state index in [9.17, 15) is 18.0 Å². The van der Waals surface area contributed by atoms with Gasteiger partial charge in [-0.05, 0) is 25.5 Å². The summed E-state index contributed by atoms with van der Waals surface area (Å²) >= 11 is 0. The third-order valence-electron chi connectivity index (χ3n) is 3.62. The van der Waals surface area contributed by atoms with E-state index >= 15 is 0 Å². The predicted molar refractivity (Wildman–Crippen MR) is 74.2 cm³/mol. The minimum absolute atomic E-state index is 0.0486. The molecule has 1 amide bonds. The summed E-state index contributed by atoms with van der Waals surface area (Å²) in [5, 5.41) is 0. The van der Waals surface area contributed by atoms with Crippen LogP contribution in [0.4, 0.5) is 0 Å². The molecule has 0 radical (unpaired) electrons. The summed E-state index contributed by atoms with van der Waals surface area (Å²) in [6.45, 7) is 2.08. The van der Waals surface area contributed by atoms with Crippen LogP contribution >= 0.6 is 0 Å². The Kier molecular flexibility index (Phi) is 3.99. The molecule has 0 spiro atoms. The summed E-state index contributed by atoms with van der Waals surface area (Å²) < 4.78 is 24.6. The molecule has 1 saturated heterocycles. The van der Waals surface area contributed by atoms with Gasteiger partial charge in [-0.2, -0.15) is 0 Å². The second-order valence-corrected chi connectivity index (χ2v) is 7.21. The number of rotatable bonds is 4. The zero-order valence-corrected chi connectivity index (χ0v) is 12.4. The van der Waals surface area contributed by atoms with Gasteiger partial charge in [0.15, 0.2) is 9.84 Å². The SMILES string of the molecule is CCN(C(=O)C(=O)c1cccn1C)[C@@H]1CCS(=O)(=O)C1. The van der Waals surface area contributed by atoms with E-state index in [4.69, 9.17) is 0 Å². The Morgan fingerprint density at radius 3 is 2.60 bits per heavy atom. The van der Waals surface area contributed by atoms with Crippen LogP contribution in [0, 0.1) is 0 Å². The van der Waals surface area contributed by atoms with Gasteiger partial charge in [-0.25, -0.2) is 8.42 Å². The van der Waals surface area contributed by atoms with Gasteiger partial charge in [-0.15, -0.1) is 0 Å². The quantitative estimate of drug-likeness (QED) is 0.589. The minimum atomic E-state index is -3.08. The lowest BCUT2D eigenvalue weighted by Gasteiger charge is -2.26. The van der Waals surface area contributed by atoms with Crippen LogP contribution in [0.25, 0.3) is 0 Å². The molecule has 0 saturated carbocycles. The van der Waals surface area contributed by atoms with E-state index in [-0.39, 0.29) is 17.5 Å². The predicted octanol–water partition coefficient (Wildman–Crippen LogP) is 0.243. The summed E-state index contributed by atoms with van der Waals surface area (Å²) in [5.74, 6) is -1.19. The number of amides is 1. The summed E-state index contributed by atoms with van der Waals surface area (Å²) in [7, 11) is -1.39. The van der Waals surface area contributed by atoms with Crippen LogP contribution in [0.2, 0.25) is 0 Å². The molecule has 0 N–H and O–H groups in total. The van der Waals surface area contributed by atoms with Crippen molar-refractivity contribution in [3.63, 3.8) is 0 Å². The molecule has 6 nitrogen and oxygen atoms in total. The Hall–Kier alpha value is -1.63. The number of likely N-dealkylation sites (N-methyl/N-ethyl adjacent to an activating group) is 1. The number of Topliss-reactive ketones (excluding diaryl/α,β-unsaturated/α-hetero) is 1. The molecule has 1 aromatic rings. The van der Waals surface area contributed by atoms with Gasteiger partial charge in [-0.1, -0.05) is 0 Å². The molecule has 1 aliphatic heterocycles. The van der Waals surface area contributed by atoms with Crippen LogP contribution < -0.4 is 0 Å². The third kappa shape index (κ3) is 2.77. The van der Waals surface area contributed by atoms with Gasteiger partial charge < -0.3 is 9.47 Å². The molecule has 2 rings (SSSR count). The fourth-order valence-corrected chi connectivity index (χ4v) is 4.26. The molecule has 110 valence electrons. The molecule has 0 bridgehead atoms. The average molecular weight is 298 g/mol. The molecular formula is C13H18N2O4S. The first-order chi connectivity index (χ1) is 9.35. The van der Waals surface area contributed by atoms with E-state index in [1.165, 1.54) is 4.90 Å². The second kappa shape index (κ2) is 5.40. The lowest BCUT2D eigenvalue weighted by atomic mass is 10.1. The fourth-order valence-electron chi connectivity index (χ4n) is 2.53. The number of hydrogen-bond donors (Lipinski definition) is 0. The van der Waals surface area contributed by atoms with Crippen molar-refractivity contribution in [1.29, 1.82) is 0 Å². The number of carbonyl (C=O) groups is 2. The number of hydrogen-bond acceptors (Lipinski definition) is 4. The van der Waals surface area contributed by atoms with Crippen molar-refractivity contribution in [3.8, 4) is 0 Å². The number of ketones is 1. The Morgan fingerprint density at radius 2 is 2.15 bits per heavy atom. The highest BCUT2D eigenvalue weighted by atomic mass is 32.2. The van der Waals surface area contributed by atoms with Crippen molar-refractivity contribution < 1.29 is 18.0 Å². The molecule has 0 aliphatic carbocycles.